The molecule has 0 aromatic carbocycles. The predicted octanol–water partition coefficient (Wildman–Crippen LogP) is 3.23. The number of amides is 1. The summed E-state index contributed by atoms with van der Waals surface area (Å²) in [7, 11) is 0. The van der Waals surface area contributed by atoms with Crippen molar-refractivity contribution in [1.82, 2.24) is 9.97 Å². The molecule has 0 fully saturated rings. The van der Waals surface area contributed by atoms with Crippen LogP contribution in [0.15, 0.2) is 9.95 Å². The Hall–Kier alpha value is -2.13. The minimum Gasteiger partial charge on any atom is -0.462 e. The number of esters is 1. The number of rotatable bonds is 6. The van der Waals surface area contributed by atoms with Crippen LogP contribution < -0.4 is 10.9 Å². The molecule has 0 saturated carbocycles. The number of anilines is 1. The third-order valence-electron chi connectivity index (χ3n) is 4.62. The van der Waals surface area contributed by atoms with E-state index in [0.717, 1.165) is 47.9 Å². The topological polar surface area (TPSA) is 101 Å². The highest BCUT2D eigenvalue weighted by atomic mass is 32.2. The van der Waals surface area contributed by atoms with Crippen LogP contribution in [-0.4, -0.2) is 34.2 Å². The first-order chi connectivity index (χ1) is 13.4. The molecule has 150 valence electrons. The second-order valence-electron chi connectivity index (χ2n) is 6.55. The fourth-order valence-electron chi connectivity index (χ4n) is 3.06. The summed E-state index contributed by atoms with van der Waals surface area (Å²) < 4.78 is 5.20. The minimum atomic E-state index is -0.384. The van der Waals surface area contributed by atoms with Gasteiger partial charge in [-0.15, -0.1) is 11.3 Å². The molecule has 2 aromatic heterocycles. The van der Waals surface area contributed by atoms with Crippen molar-refractivity contribution >= 4 is 40.0 Å². The molecule has 28 heavy (non-hydrogen) atoms. The molecule has 2 N–H and O–H groups in total. The monoisotopic (exact) mass is 421 g/mol. The van der Waals surface area contributed by atoms with Crippen molar-refractivity contribution in [3.05, 3.63) is 37.6 Å². The molecule has 1 aliphatic rings. The van der Waals surface area contributed by atoms with Crippen LogP contribution in [-0.2, 0) is 22.4 Å². The molecule has 0 bridgehead atoms. The number of thiophene rings is 1. The van der Waals surface area contributed by atoms with Crippen molar-refractivity contribution in [1.29, 1.82) is 0 Å². The second-order valence-corrected chi connectivity index (χ2v) is 8.62. The number of H-pyrrole nitrogens is 1. The number of hydrogen-bond acceptors (Lipinski definition) is 7. The van der Waals surface area contributed by atoms with Crippen LogP contribution in [0.5, 0.6) is 0 Å². The number of ether oxygens (including phenoxy) is 1. The Morgan fingerprint density at radius 3 is 2.75 bits per heavy atom. The van der Waals surface area contributed by atoms with Gasteiger partial charge in [-0.05, 0) is 52.0 Å². The predicted molar refractivity (Wildman–Crippen MR) is 111 cm³/mol. The van der Waals surface area contributed by atoms with E-state index in [4.69, 9.17) is 4.74 Å². The van der Waals surface area contributed by atoms with Crippen molar-refractivity contribution in [2.24, 2.45) is 0 Å². The molecule has 0 aliphatic heterocycles. The fourth-order valence-corrected chi connectivity index (χ4v) is 5.06. The molecule has 0 unspecified atom stereocenters. The van der Waals surface area contributed by atoms with Crippen LogP contribution in [0.2, 0.25) is 0 Å². The zero-order valence-corrected chi connectivity index (χ0v) is 17.8. The molecule has 1 aliphatic carbocycles. The molecule has 0 atom stereocenters. The summed E-state index contributed by atoms with van der Waals surface area (Å²) >= 11 is 2.61. The number of thioether (sulfide) groups is 1. The first-order valence-corrected chi connectivity index (χ1v) is 11.0. The standard InChI is InChI=1S/C19H23N3O4S2/c1-4-26-18(25)15-12-7-5-6-8-13(12)28-17(15)21-14(23)9-27-19-20-11(3)10(2)16(24)22-19/h4-9H2,1-3H3,(H,21,23)(H,20,22,24). The van der Waals surface area contributed by atoms with E-state index in [1.54, 1.807) is 20.8 Å². The van der Waals surface area contributed by atoms with E-state index in [1.807, 2.05) is 0 Å². The van der Waals surface area contributed by atoms with Crippen molar-refractivity contribution in [3.8, 4) is 0 Å². The van der Waals surface area contributed by atoms with Gasteiger partial charge in [0.15, 0.2) is 5.16 Å². The lowest BCUT2D eigenvalue weighted by Crippen LogP contribution is -2.18. The lowest BCUT2D eigenvalue weighted by molar-refractivity contribution is -0.113. The van der Waals surface area contributed by atoms with Crippen LogP contribution in [0.1, 0.15) is 51.8 Å². The maximum absolute atomic E-state index is 12.5. The maximum Gasteiger partial charge on any atom is 0.341 e. The van der Waals surface area contributed by atoms with E-state index in [0.29, 0.717) is 33.6 Å². The number of aryl methyl sites for hydroxylation is 2. The number of carbonyl (C=O) groups is 2. The van der Waals surface area contributed by atoms with Gasteiger partial charge in [0, 0.05) is 16.1 Å². The summed E-state index contributed by atoms with van der Waals surface area (Å²) in [5, 5.41) is 3.81. The average molecular weight is 422 g/mol. The molecule has 0 spiro atoms. The van der Waals surface area contributed by atoms with E-state index in [-0.39, 0.29) is 23.2 Å². The number of nitrogens with one attached hydrogen (secondary N) is 2. The number of aromatic nitrogens is 2. The Morgan fingerprint density at radius 1 is 1.29 bits per heavy atom. The third-order valence-corrected chi connectivity index (χ3v) is 6.70. The molecule has 2 heterocycles. The number of hydrogen-bond donors (Lipinski definition) is 2. The van der Waals surface area contributed by atoms with Gasteiger partial charge in [0.25, 0.3) is 5.56 Å². The van der Waals surface area contributed by atoms with E-state index < -0.39 is 0 Å². The molecular formula is C19H23N3O4S2. The van der Waals surface area contributed by atoms with Gasteiger partial charge in [-0.3, -0.25) is 9.59 Å². The molecule has 9 heteroatoms. The summed E-state index contributed by atoms with van der Waals surface area (Å²) in [5.74, 6) is -0.559. The van der Waals surface area contributed by atoms with E-state index in [1.165, 1.54) is 11.3 Å². The van der Waals surface area contributed by atoms with Crippen LogP contribution in [0.3, 0.4) is 0 Å². The molecular weight excluding hydrogens is 398 g/mol. The fraction of sp³-hybridized carbons (Fsp3) is 0.474. The lowest BCUT2D eigenvalue weighted by atomic mass is 9.95. The largest absolute Gasteiger partial charge is 0.462 e. The second kappa shape index (κ2) is 8.91. The molecule has 7 nitrogen and oxygen atoms in total. The van der Waals surface area contributed by atoms with Crippen LogP contribution in [0.4, 0.5) is 5.00 Å². The highest BCUT2D eigenvalue weighted by Gasteiger charge is 2.27. The Balaban J connectivity index is 1.74. The zero-order chi connectivity index (χ0) is 20.3. The maximum atomic E-state index is 12.5. The molecule has 2 aromatic rings. The normalized spacial score (nSPS) is 13.1. The summed E-state index contributed by atoms with van der Waals surface area (Å²) in [6, 6.07) is 0. The number of aromatic amines is 1. The van der Waals surface area contributed by atoms with Gasteiger partial charge in [-0.1, -0.05) is 11.8 Å². The molecule has 0 radical (unpaired) electrons. The quantitative estimate of drug-likeness (QED) is 0.422. The SMILES string of the molecule is CCOC(=O)c1c(NC(=O)CSc2nc(C)c(C)c(=O)[nH]2)sc2c1CCCC2. The molecule has 1 amide bonds. The summed E-state index contributed by atoms with van der Waals surface area (Å²) in [5.41, 5.74) is 2.51. The third kappa shape index (κ3) is 4.47. The van der Waals surface area contributed by atoms with Gasteiger partial charge in [-0.25, -0.2) is 9.78 Å². The average Bonchev–Trinajstić information content (AvgIpc) is 3.02. The van der Waals surface area contributed by atoms with Crippen molar-refractivity contribution in [2.45, 2.75) is 51.6 Å². The van der Waals surface area contributed by atoms with Gasteiger partial charge < -0.3 is 15.0 Å². The summed E-state index contributed by atoms with van der Waals surface area (Å²) in [4.78, 5) is 44.9. The van der Waals surface area contributed by atoms with Gasteiger partial charge in [0.2, 0.25) is 5.91 Å². The first-order valence-electron chi connectivity index (χ1n) is 9.22. The summed E-state index contributed by atoms with van der Waals surface area (Å²) in [6.45, 7) is 5.52. The number of nitrogens with zero attached hydrogens (tertiary/aromatic N) is 1. The minimum absolute atomic E-state index is 0.0796. The summed E-state index contributed by atoms with van der Waals surface area (Å²) in [6.07, 6.45) is 3.87. The van der Waals surface area contributed by atoms with E-state index in [9.17, 15) is 14.4 Å². The molecule has 3 rings (SSSR count). The Bertz CT molecular complexity index is 965. The highest BCUT2D eigenvalue weighted by Crippen LogP contribution is 2.38. The van der Waals surface area contributed by atoms with Crippen molar-refractivity contribution < 1.29 is 14.3 Å². The number of fused-ring (bicyclic) bond motifs is 1. The smallest absolute Gasteiger partial charge is 0.341 e. The Labute approximate surface area is 171 Å². The Morgan fingerprint density at radius 2 is 2.04 bits per heavy atom. The van der Waals surface area contributed by atoms with Crippen molar-refractivity contribution in [2.75, 3.05) is 17.7 Å². The van der Waals surface area contributed by atoms with Gasteiger partial charge in [0.05, 0.1) is 17.9 Å². The molecule has 0 saturated heterocycles. The van der Waals surface area contributed by atoms with Crippen LogP contribution in [0, 0.1) is 13.8 Å². The van der Waals surface area contributed by atoms with Crippen molar-refractivity contribution in [3.63, 3.8) is 0 Å². The Kier molecular flexibility index (Phi) is 6.56. The number of carbonyl (C=O) groups excluding carboxylic acids is 2. The van der Waals surface area contributed by atoms with E-state index in [2.05, 4.69) is 15.3 Å². The highest BCUT2D eigenvalue weighted by molar-refractivity contribution is 7.99. The van der Waals surface area contributed by atoms with Gasteiger partial charge >= 0.3 is 5.97 Å². The zero-order valence-electron chi connectivity index (χ0n) is 16.1. The van der Waals surface area contributed by atoms with Crippen LogP contribution >= 0.6 is 23.1 Å². The van der Waals surface area contributed by atoms with E-state index >= 15 is 0 Å². The lowest BCUT2D eigenvalue weighted by Gasteiger charge is -2.12. The van der Waals surface area contributed by atoms with Gasteiger partial charge in [0.1, 0.15) is 5.00 Å². The van der Waals surface area contributed by atoms with Gasteiger partial charge in [-0.2, -0.15) is 0 Å². The van der Waals surface area contributed by atoms with Crippen LogP contribution in [0.25, 0.3) is 0 Å². The first kappa shape index (κ1) is 20.6.